The van der Waals surface area contributed by atoms with Crippen LogP contribution in [0.25, 0.3) is 0 Å². The molecule has 0 aliphatic carbocycles. The lowest BCUT2D eigenvalue weighted by atomic mass is 10.1. The van der Waals surface area contributed by atoms with Gasteiger partial charge in [0.25, 0.3) is 0 Å². The first-order chi connectivity index (χ1) is 6.85. The Labute approximate surface area is 81.5 Å². The second-order valence-electron chi connectivity index (χ2n) is 2.76. The normalized spacial score (nSPS) is 11.9. The molecule has 0 N–H and O–H groups in total. The number of Topliss-reactive ketones (excluding diaryl/α,β-unsaturated/α-hetero) is 1. The molecule has 0 radical (unpaired) electrons. The zero-order valence-corrected chi connectivity index (χ0v) is 7.18. The lowest BCUT2D eigenvalue weighted by Crippen LogP contribution is -2.36. The van der Waals surface area contributed by atoms with Crippen molar-refractivity contribution in [1.82, 2.24) is 0 Å². The maximum absolute atomic E-state index is 12.5. The summed E-state index contributed by atoms with van der Waals surface area (Å²) in [6, 6.07) is 2.95. The Morgan fingerprint density at radius 1 is 1.13 bits per heavy atom. The monoisotopic (exact) mass is 224 g/mol. The number of hydrogen-bond acceptors (Lipinski definition) is 1. The van der Waals surface area contributed by atoms with E-state index in [-0.39, 0.29) is 0 Å². The van der Waals surface area contributed by atoms with E-state index in [1.165, 1.54) is 0 Å². The molecule has 0 saturated heterocycles. The Kier molecular flexibility index (Phi) is 3.06. The molecule has 82 valence electrons. The number of carbonyl (C=O) groups is 1. The van der Waals surface area contributed by atoms with Gasteiger partial charge in [-0.1, -0.05) is 0 Å². The molecule has 0 aliphatic rings. The summed E-state index contributed by atoms with van der Waals surface area (Å²) in [6.07, 6.45) is -4.07. The fourth-order valence-electron chi connectivity index (χ4n) is 0.893. The van der Waals surface area contributed by atoms with E-state index >= 15 is 0 Å². The third-order valence-corrected chi connectivity index (χ3v) is 1.68. The minimum Gasteiger partial charge on any atom is -0.287 e. The van der Waals surface area contributed by atoms with Gasteiger partial charge in [-0.25, -0.2) is 13.2 Å². The van der Waals surface area contributed by atoms with Crippen LogP contribution in [0.5, 0.6) is 0 Å². The summed E-state index contributed by atoms with van der Waals surface area (Å²) in [5.41, 5.74) is -0.651. The summed E-state index contributed by atoms with van der Waals surface area (Å²) in [5, 5.41) is 0. The van der Waals surface area contributed by atoms with Gasteiger partial charge in [0, 0.05) is 5.56 Å². The highest BCUT2D eigenvalue weighted by Gasteiger charge is 2.48. The van der Waals surface area contributed by atoms with E-state index in [2.05, 4.69) is 0 Å². The number of benzene rings is 1. The summed E-state index contributed by atoms with van der Waals surface area (Å²) < 4.78 is 61.0. The number of rotatable bonds is 3. The Balaban J connectivity index is 3.00. The van der Waals surface area contributed by atoms with E-state index in [4.69, 9.17) is 0 Å². The van der Waals surface area contributed by atoms with E-state index in [9.17, 15) is 26.7 Å². The molecule has 0 amide bonds. The van der Waals surface area contributed by atoms with Crippen molar-refractivity contribution in [2.24, 2.45) is 0 Å². The first-order valence-electron chi connectivity index (χ1n) is 3.82. The zero-order valence-electron chi connectivity index (χ0n) is 7.18. The summed E-state index contributed by atoms with van der Waals surface area (Å²) in [4.78, 5) is 10.9. The molecule has 0 aromatic heterocycles. The molecule has 6 heteroatoms. The van der Waals surface area contributed by atoms with Gasteiger partial charge in [0.15, 0.2) is 0 Å². The smallest absolute Gasteiger partial charge is 0.287 e. The van der Waals surface area contributed by atoms with Crippen molar-refractivity contribution in [1.29, 1.82) is 0 Å². The van der Waals surface area contributed by atoms with Crippen molar-refractivity contribution in [3.63, 3.8) is 0 Å². The highest BCUT2D eigenvalue weighted by Crippen LogP contribution is 2.27. The number of ketones is 1. The van der Waals surface area contributed by atoms with Gasteiger partial charge in [0.1, 0.15) is 5.82 Å². The molecule has 1 aromatic rings. The van der Waals surface area contributed by atoms with Gasteiger partial charge in [-0.15, -0.1) is 0 Å². The SMILES string of the molecule is O=C(c1ccc(F)cc1)C(F)(F)C(F)F. The van der Waals surface area contributed by atoms with Crippen molar-refractivity contribution in [2.45, 2.75) is 12.3 Å². The summed E-state index contributed by atoms with van der Waals surface area (Å²) in [7, 11) is 0. The van der Waals surface area contributed by atoms with Gasteiger partial charge in [-0.3, -0.25) is 4.79 Å². The van der Waals surface area contributed by atoms with Crippen molar-refractivity contribution in [3.8, 4) is 0 Å². The molecule has 0 bridgehead atoms. The number of alkyl halides is 4. The number of carbonyl (C=O) groups excluding carboxylic acids is 1. The molecule has 0 heterocycles. The van der Waals surface area contributed by atoms with E-state index in [0.29, 0.717) is 0 Å². The third kappa shape index (κ3) is 2.31. The second-order valence-corrected chi connectivity index (χ2v) is 2.76. The van der Waals surface area contributed by atoms with Crippen LogP contribution in [0, 0.1) is 5.82 Å². The highest BCUT2D eigenvalue weighted by molar-refractivity contribution is 6.01. The van der Waals surface area contributed by atoms with Crippen molar-refractivity contribution in [3.05, 3.63) is 35.6 Å². The topological polar surface area (TPSA) is 17.1 Å². The van der Waals surface area contributed by atoms with E-state index in [1.54, 1.807) is 0 Å². The van der Waals surface area contributed by atoms with Crippen molar-refractivity contribution < 1.29 is 26.7 Å². The van der Waals surface area contributed by atoms with Crippen LogP contribution in [-0.2, 0) is 0 Å². The number of hydrogen-bond donors (Lipinski definition) is 0. The molecule has 0 saturated carbocycles. The van der Waals surface area contributed by atoms with Crippen LogP contribution in [0.4, 0.5) is 22.0 Å². The Hall–Kier alpha value is -1.46. The van der Waals surface area contributed by atoms with Gasteiger partial charge >= 0.3 is 12.3 Å². The Morgan fingerprint density at radius 2 is 1.60 bits per heavy atom. The van der Waals surface area contributed by atoms with Gasteiger partial charge in [0.05, 0.1) is 0 Å². The first-order valence-corrected chi connectivity index (χ1v) is 3.82. The summed E-state index contributed by atoms with van der Waals surface area (Å²) in [6.45, 7) is 0. The lowest BCUT2D eigenvalue weighted by molar-refractivity contribution is -0.0958. The quantitative estimate of drug-likeness (QED) is 0.569. The van der Waals surface area contributed by atoms with Crippen LogP contribution < -0.4 is 0 Å². The molecule has 0 spiro atoms. The van der Waals surface area contributed by atoms with Gasteiger partial charge in [0.2, 0.25) is 5.78 Å². The molecule has 1 nitrogen and oxygen atoms in total. The molecule has 1 aromatic carbocycles. The molecule has 0 fully saturated rings. The van der Waals surface area contributed by atoms with Gasteiger partial charge in [-0.2, -0.15) is 8.78 Å². The predicted molar refractivity (Wildman–Crippen MR) is 41.7 cm³/mol. The largest absolute Gasteiger partial charge is 0.368 e. The molecule has 0 unspecified atom stereocenters. The fraction of sp³-hybridized carbons (Fsp3) is 0.222. The maximum atomic E-state index is 12.5. The standard InChI is InChI=1S/C9H5F5O/c10-6-3-1-5(2-4-6)7(15)9(13,14)8(11)12/h1-4,8H. The average Bonchev–Trinajstić information content (AvgIpc) is 2.17. The van der Waals surface area contributed by atoms with Crippen molar-refractivity contribution in [2.75, 3.05) is 0 Å². The van der Waals surface area contributed by atoms with Crippen LogP contribution in [0.15, 0.2) is 24.3 Å². The number of halogens is 5. The highest BCUT2D eigenvalue weighted by atomic mass is 19.3. The van der Waals surface area contributed by atoms with E-state index < -0.39 is 29.5 Å². The summed E-state index contributed by atoms with van der Waals surface area (Å²) >= 11 is 0. The first kappa shape index (κ1) is 11.6. The Bertz CT molecular complexity index is 357. The third-order valence-electron chi connectivity index (χ3n) is 1.68. The minimum absolute atomic E-state index is 0.651. The van der Waals surface area contributed by atoms with Crippen LogP contribution in [0.2, 0.25) is 0 Å². The average molecular weight is 224 g/mol. The van der Waals surface area contributed by atoms with Gasteiger partial charge < -0.3 is 0 Å². The van der Waals surface area contributed by atoms with E-state index in [0.717, 1.165) is 24.3 Å². The molecule has 0 atom stereocenters. The molecular formula is C9H5F5O. The van der Waals surface area contributed by atoms with Crippen LogP contribution >= 0.6 is 0 Å². The van der Waals surface area contributed by atoms with Gasteiger partial charge in [-0.05, 0) is 24.3 Å². The Morgan fingerprint density at radius 3 is 2.00 bits per heavy atom. The molecule has 15 heavy (non-hydrogen) atoms. The molecular weight excluding hydrogens is 219 g/mol. The minimum atomic E-state index is -4.74. The summed E-state index contributed by atoms with van der Waals surface area (Å²) in [5.74, 6) is -7.50. The zero-order chi connectivity index (χ0) is 11.6. The molecule has 1 rings (SSSR count). The van der Waals surface area contributed by atoms with Crippen LogP contribution in [0.3, 0.4) is 0 Å². The predicted octanol–water partition coefficient (Wildman–Crippen LogP) is 2.91. The van der Waals surface area contributed by atoms with Crippen molar-refractivity contribution >= 4 is 5.78 Å². The molecule has 0 aliphatic heterocycles. The lowest BCUT2D eigenvalue weighted by Gasteiger charge is -2.13. The second kappa shape index (κ2) is 3.96. The van der Waals surface area contributed by atoms with E-state index in [1.807, 2.05) is 0 Å². The fourth-order valence-corrected chi connectivity index (χ4v) is 0.893. The van der Waals surface area contributed by atoms with Crippen LogP contribution in [0.1, 0.15) is 10.4 Å². The van der Waals surface area contributed by atoms with Crippen LogP contribution in [-0.4, -0.2) is 18.1 Å². The maximum Gasteiger partial charge on any atom is 0.368 e.